The minimum atomic E-state index is -1.02. The van der Waals surface area contributed by atoms with E-state index in [0.29, 0.717) is 0 Å². The molecule has 0 aromatic heterocycles. The lowest BCUT2D eigenvalue weighted by atomic mass is 10.3. The summed E-state index contributed by atoms with van der Waals surface area (Å²) < 4.78 is 24.8. The van der Waals surface area contributed by atoms with Crippen molar-refractivity contribution in [3.8, 4) is 5.75 Å². The third-order valence-electron chi connectivity index (χ3n) is 0.969. The standard InChI is InChI=1S/C6H3F2IO/c7-4-1-3(10)2-5(9)6(4)8/h1-2,10H. The molecule has 0 unspecified atom stereocenters. The Hall–Kier alpha value is -0.390. The number of benzene rings is 1. The third kappa shape index (κ3) is 1.36. The van der Waals surface area contributed by atoms with Crippen LogP contribution in [-0.2, 0) is 0 Å². The Morgan fingerprint density at radius 1 is 1.30 bits per heavy atom. The molecule has 1 aromatic rings. The molecular weight excluding hydrogens is 253 g/mol. The summed E-state index contributed by atoms with van der Waals surface area (Å²) in [6.07, 6.45) is 0. The molecule has 1 nitrogen and oxygen atoms in total. The molecule has 1 aromatic carbocycles. The van der Waals surface area contributed by atoms with Crippen LogP contribution in [0.1, 0.15) is 0 Å². The second kappa shape index (κ2) is 2.69. The van der Waals surface area contributed by atoms with Crippen molar-refractivity contribution in [2.45, 2.75) is 0 Å². The van der Waals surface area contributed by atoms with Crippen LogP contribution in [0.2, 0.25) is 0 Å². The van der Waals surface area contributed by atoms with Gasteiger partial charge in [0.05, 0.1) is 3.57 Å². The molecule has 0 aliphatic heterocycles. The average Bonchev–Trinajstić information content (AvgIpc) is 1.82. The summed E-state index contributed by atoms with van der Waals surface area (Å²) >= 11 is 1.60. The van der Waals surface area contributed by atoms with Crippen LogP contribution in [0.5, 0.6) is 5.75 Å². The van der Waals surface area contributed by atoms with Crippen LogP contribution in [0, 0.1) is 15.2 Å². The van der Waals surface area contributed by atoms with E-state index in [1.165, 1.54) is 0 Å². The first-order valence-electron chi connectivity index (χ1n) is 2.45. The van der Waals surface area contributed by atoms with Gasteiger partial charge in [-0.1, -0.05) is 0 Å². The maximum atomic E-state index is 12.4. The Morgan fingerprint density at radius 2 is 1.90 bits per heavy atom. The minimum absolute atomic E-state index is 0.0788. The van der Waals surface area contributed by atoms with E-state index < -0.39 is 11.6 Å². The predicted molar refractivity (Wildman–Crippen MR) is 40.7 cm³/mol. The molecule has 0 atom stereocenters. The summed E-state index contributed by atoms with van der Waals surface area (Å²) in [5, 5.41) is 8.71. The first-order valence-corrected chi connectivity index (χ1v) is 3.52. The normalized spacial score (nSPS) is 9.90. The number of aromatic hydroxyl groups is 1. The quantitative estimate of drug-likeness (QED) is 0.557. The van der Waals surface area contributed by atoms with Crippen LogP contribution in [0.15, 0.2) is 12.1 Å². The Bertz CT molecular complexity index is 239. The number of hydrogen-bond donors (Lipinski definition) is 1. The molecule has 0 heterocycles. The van der Waals surface area contributed by atoms with Crippen molar-refractivity contribution in [3.05, 3.63) is 27.3 Å². The van der Waals surface area contributed by atoms with Crippen molar-refractivity contribution in [3.63, 3.8) is 0 Å². The van der Waals surface area contributed by atoms with E-state index in [0.717, 1.165) is 12.1 Å². The van der Waals surface area contributed by atoms with Gasteiger partial charge in [-0.25, -0.2) is 8.78 Å². The Balaban J connectivity index is 3.31. The zero-order valence-electron chi connectivity index (χ0n) is 4.74. The fraction of sp³-hybridized carbons (Fsp3) is 0. The van der Waals surface area contributed by atoms with E-state index in [2.05, 4.69) is 0 Å². The van der Waals surface area contributed by atoms with Gasteiger partial charge in [0, 0.05) is 6.07 Å². The smallest absolute Gasteiger partial charge is 0.172 e. The first-order chi connectivity index (χ1) is 4.61. The summed E-state index contributed by atoms with van der Waals surface area (Å²) in [5.74, 6) is -2.20. The molecule has 0 saturated carbocycles. The molecule has 1 N–H and O–H groups in total. The van der Waals surface area contributed by atoms with Gasteiger partial charge >= 0.3 is 0 Å². The molecular formula is C6H3F2IO. The maximum absolute atomic E-state index is 12.4. The summed E-state index contributed by atoms with van der Waals surface area (Å²) in [6.45, 7) is 0. The Kier molecular flexibility index (Phi) is 2.08. The van der Waals surface area contributed by atoms with Gasteiger partial charge in [-0.3, -0.25) is 0 Å². The molecule has 54 valence electrons. The zero-order valence-corrected chi connectivity index (χ0v) is 6.89. The van der Waals surface area contributed by atoms with Crippen LogP contribution in [-0.4, -0.2) is 5.11 Å². The molecule has 0 saturated heterocycles. The van der Waals surface area contributed by atoms with Crippen molar-refractivity contribution >= 4 is 22.6 Å². The second-order valence-electron chi connectivity index (χ2n) is 1.72. The van der Waals surface area contributed by atoms with Crippen molar-refractivity contribution in [2.24, 2.45) is 0 Å². The molecule has 10 heavy (non-hydrogen) atoms. The highest BCUT2D eigenvalue weighted by molar-refractivity contribution is 14.1. The Morgan fingerprint density at radius 3 is 2.40 bits per heavy atom. The molecule has 0 aliphatic rings. The summed E-state index contributed by atoms with van der Waals surface area (Å²) in [7, 11) is 0. The molecule has 0 bridgehead atoms. The highest BCUT2D eigenvalue weighted by Crippen LogP contribution is 2.20. The van der Waals surface area contributed by atoms with Crippen LogP contribution < -0.4 is 0 Å². The van der Waals surface area contributed by atoms with Gasteiger partial charge in [-0.15, -0.1) is 0 Å². The van der Waals surface area contributed by atoms with Crippen molar-refractivity contribution < 1.29 is 13.9 Å². The molecule has 4 heteroatoms. The van der Waals surface area contributed by atoms with Gasteiger partial charge in [0.1, 0.15) is 5.75 Å². The molecule has 0 fully saturated rings. The topological polar surface area (TPSA) is 20.2 Å². The summed E-state index contributed by atoms with van der Waals surface area (Å²) in [5.41, 5.74) is 0. The SMILES string of the molecule is Oc1cc(F)c(F)c(I)c1. The molecule has 0 amide bonds. The van der Waals surface area contributed by atoms with Crippen LogP contribution in [0.3, 0.4) is 0 Å². The van der Waals surface area contributed by atoms with E-state index in [4.69, 9.17) is 5.11 Å². The molecule has 0 radical (unpaired) electrons. The lowest BCUT2D eigenvalue weighted by Gasteiger charge is -1.96. The number of rotatable bonds is 0. The first kappa shape index (κ1) is 7.71. The largest absolute Gasteiger partial charge is 0.508 e. The highest BCUT2D eigenvalue weighted by atomic mass is 127. The van der Waals surface area contributed by atoms with Crippen LogP contribution >= 0.6 is 22.6 Å². The van der Waals surface area contributed by atoms with Crippen molar-refractivity contribution in [2.75, 3.05) is 0 Å². The lowest BCUT2D eigenvalue weighted by Crippen LogP contribution is -1.86. The van der Waals surface area contributed by atoms with Gasteiger partial charge in [0.2, 0.25) is 0 Å². The molecule has 0 spiro atoms. The van der Waals surface area contributed by atoms with Crippen molar-refractivity contribution in [1.82, 2.24) is 0 Å². The zero-order chi connectivity index (χ0) is 7.72. The highest BCUT2D eigenvalue weighted by Gasteiger charge is 2.06. The average molecular weight is 256 g/mol. The number of halogens is 3. The maximum Gasteiger partial charge on any atom is 0.172 e. The van der Waals surface area contributed by atoms with Gasteiger partial charge in [-0.05, 0) is 28.7 Å². The second-order valence-corrected chi connectivity index (χ2v) is 2.89. The third-order valence-corrected chi connectivity index (χ3v) is 1.75. The number of phenols is 1. The van der Waals surface area contributed by atoms with Gasteiger partial charge < -0.3 is 5.11 Å². The van der Waals surface area contributed by atoms with E-state index in [9.17, 15) is 8.78 Å². The van der Waals surface area contributed by atoms with Crippen LogP contribution in [0.4, 0.5) is 8.78 Å². The molecule has 1 rings (SSSR count). The number of phenolic OH excluding ortho intramolecular Hbond substituents is 1. The van der Waals surface area contributed by atoms with Gasteiger partial charge in [-0.2, -0.15) is 0 Å². The lowest BCUT2D eigenvalue weighted by molar-refractivity contribution is 0.452. The van der Waals surface area contributed by atoms with E-state index >= 15 is 0 Å². The van der Waals surface area contributed by atoms with E-state index in [-0.39, 0.29) is 9.32 Å². The van der Waals surface area contributed by atoms with E-state index in [1.807, 2.05) is 0 Å². The van der Waals surface area contributed by atoms with Crippen LogP contribution in [0.25, 0.3) is 0 Å². The van der Waals surface area contributed by atoms with Crippen molar-refractivity contribution in [1.29, 1.82) is 0 Å². The minimum Gasteiger partial charge on any atom is -0.508 e. The summed E-state index contributed by atoms with van der Waals surface area (Å²) in [6, 6.07) is 1.89. The number of hydrogen-bond acceptors (Lipinski definition) is 1. The Labute approximate surface area is 69.8 Å². The van der Waals surface area contributed by atoms with Gasteiger partial charge in [0.15, 0.2) is 11.6 Å². The fourth-order valence-electron chi connectivity index (χ4n) is 0.542. The monoisotopic (exact) mass is 256 g/mol. The fourth-order valence-corrected chi connectivity index (χ4v) is 1.12. The molecule has 0 aliphatic carbocycles. The van der Waals surface area contributed by atoms with Gasteiger partial charge in [0.25, 0.3) is 0 Å². The predicted octanol–water partition coefficient (Wildman–Crippen LogP) is 2.28. The summed E-state index contributed by atoms with van der Waals surface area (Å²) in [4.78, 5) is 0. The van der Waals surface area contributed by atoms with E-state index in [1.54, 1.807) is 22.6 Å².